The summed E-state index contributed by atoms with van der Waals surface area (Å²) in [7, 11) is -71.6. The molecule has 0 aliphatic rings. The fourth-order valence-corrected chi connectivity index (χ4v) is 10.4. The molecular weight excluding hydrogens is 1610 g/mol. The molecule has 0 N–H and O–H groups in total. The van der Waals surface area contributed by atoms with Crippen LogP contribution in [-0.4, -0.2) is 120 Å². The maximum atomic E-state index is 10.1. The first-order chi connectivity index (χ1) is 21.7. The molecule has 0 saturated heterocycles. The second-order valence-corrected chi connectivity index (χ2v) is 22.0. The van der Waals surface area contributed by atoms with Gasteiger partial charge in [-0.15, -0.1) is 0 Å². The number of hydrogen-bond donors (Lipinski definition) is 0. The van der Waals surface area contributed by atoms with Gasteiger partial charge in [0.25, 0.3) is 31.3 Å². The van der Waals surface area contributed by atoms with Crippen LogP contribution in [0.5, 0.6) is 0 Å². The number of rotatable bonds is 16. The van der Waals surface area contributed by atoms with Crippen LogP contribution in [-0.2, 0) is 89.3 Å². The summed E-state index contributed by atoms with van der Waals surface area (Å²) in [5, 5.41) is 0. The van der Waals surface area contributed by atoms with E-state index in [1.54, 1.807) is 0 Å². The van der Waals surface area contributed by atoms with E-state index in [9.17, 15) is 153 Å². The summed E-state index contributed by atoms with van der Waals surface area (Å²) in [6.07, 6.45) is 0. The molecular formula is O40P12Sn5. The normalized spacial score (nSPS) is 13.3. The molecule has 0 atom stereocenters. The van der Waals surface area contributed by atoms with Crippen LogP contribution in [0.15, 0.2) is 0 Å². The van der Waals surface area contributed by atoms with Crippen molar-refractivity contribution in [1.29, 1.82) is 0 Å². The van der Waals surface area contributed by atoms with Gasteiger partial charge in [-0.3, -0.25) is 52.7 Å². The fourth-order valence-electron chi connectivity index (χ4n) is 1.04. The standard InChI is InChI=1S/4H5O10P3.5Sn/c4*1-11(2,3)9-13(7,8)10-12(4,5)6;;;;;/h4*(H,7,8)(H2,1,2,3)(H2,4,5,6);;;;;/q;;;;5*+4/p-20. The predicted octanol–water partition coefficient (Wildman–Crippen LogP) is -17.3. The Hall–Kier alpha value is 5.63. The van der Waals surface area contributed by atoms with Crippen LogP contribution >= 0.6 is 93.9 Å². The smallest absolute Gasteiger partial charge is 0.790 e. The molecule has 0 unspecified atom stereocenters. The molecule has 40 nitrogen and oxygen atoms in total. The molecule has 0 aromatic carbocycles. The SMILES string of the molecule is O=P([O-])([O-])OP(=O)([O-])OP(=O)([O-])[O-].O=P([O-])([O-])OP(=O)([O-])OP(=O)([O-])[O-].O=P([O-])([O-])OP(=O)([O-])OP(=O)([O-])[O-].O=P([O-])([O-])OP(=O)([O-])OP(=O)([O-])[O-].[Sn+4].[Sn+4].[Sn+4].[Sn+4].[Sn+4]. The summed E-state index contributed by atoms with van der Waals surface area (Å²) in [6.45, 7) is 0. The van der Waals surface area contributed by atoms with E-state index in [0.717, 1.165) is 0 Å². The van der Waals surface area contributed by atoms with E-state index in [1.165, 1.54) is 0 Å². The van der Waals surface area contributed by atoms with E-state index in [1.807, 2.05) is 0 Å². The van der Waals surface area contributed by atoms with E-state index in [2.05, 4.69) is 34.5 Å². The van der Waals surface area contributed by atoms with Crippen LogP contribution in [0.3, 0.4) is 0 Å². The summed E-state index contributed by atoms with van der Waals surface area (Å²) >= 11 is 0. The van der Waals surface area contributed by atoms with Gasteiger partial charge >= 0.3 is 120 Å². The van der Waals surface area contributed by atoms with E-state index in [0.29, 0.717) is 0 Å². The van der Waals surface area contributed by atoms with Gasteiger partial charge in [-0.1, -0.05) is 0 Å². The number of phosphoric acid groups is 12. The second kappa shape index (κ2) is 30.9. The Bertz CT molecular complexity index is 1370. The van der Waals surface area contributed by atoms with Crippen LogP contribution in [0.1, 0.15) is 0 Å². The van der Waals surface area contributed by atoms with Crippen LogP contribution < -0.4 is 97.9 Å². The third kappa shape index (κ3) is 76.2. The monoisotopic (exact) mass is 1610 g/mol. The molecule has 0 spiro atoms. The van der Waals surface area contributed by atoms with E-state index in [-0.39, 0.29) is 120 Å². The number of hydrogen-bond acceptors (Lipinski definition) is 40. The Morgan fingerprint density at radius 1 is 0.175 bits per heavy atom. The minimum atomic E-state index is -5.97. The van der Waals surface area contributed by atoms with Crippen LogP contribution in [0.4, 0.5) is 0 Å². The molecule has 0 fully saturated rings. The van der Waals surface area contributed by atoms with Crippen molar-refractivity contribution >= 4 is 213 Å². The van der Waals surface area contributed by atoms with Crippen molar-refractivity contribution in [3.8, 4) is 0 Å². The van der Waals surface area contributed by atoms with Gasteiger partial charge < -0.3 is 134 Å². The van der Waals surface area contributed by atoms with Crippen molar-refractivity contribution in [3.05, 3.63) is 0 Å². The van der Waals surface area contributed by atoms with E-state index in [4.69, 9.17) is 0 Å². The van der Waals surface area contributed by atoms with Gasteiger partial charge in [-0.2, -0.15) is 0 Å². The zero-order valence-electron chi connectivity index (χ0n) is 24.2. The maximum Gasteiger partial charge on any atom is 4.00 e. The molecule has 0 aromatic rings. The Kier molecular flexibility index (Phi) is 44.8. The van der Waals surface area contributed by atoms with Gasteiger partial charge in [0.1, 0.15) is 0 Å². The van der Waals surface area contributed by atoms with E-state index < -0.39 is 93.9 Å². The first kappa shape index (κ1) is 82.7. The first-order valence-corrected chi connectivity index (χ1v) is 26.3. The van der Waals surface area contributed by atoms with Crippen molar-refractivity contribution in [1.82, 2.24) is 0 Å². The molecule has 0 bridgehead atoms. The molecule has 0 saturated carbocycles. The third-order valence-corrected chi connectivity index (χ3v) is 14.4. The minimum absolute atomic E-state index is 0. The first-order valence-electron chi connectivity index (χ1n) is 8.76. The second-order valence-electron chi connectivity index (χ2n) is 6.02. The molecule has 0 radical (unpaired) electrons. The minimum Gasteiger partial charge on any atom is -0.790 e. The third-order valence-electron chi connectivity index (χ3n) is 1.60. The Labute approximate surface area is 396 Å². The van der Waals surface area contributed by atoms with Crippen molar-refractivity contribution in [2.24, 2.45) is 0 Å². The maximum absolute atomic E-state index is 10.1. The van der Waals surface area contributed by atoms with Crippen LogP contribution in [0, 0.1) is 0 Å². The molecule has 0 amide bonds. The van der Waals surface area contributed by atoms with Gasteiger partial charge in [-0.25, -0.2) is 0 Å². The zero-order valence-corrected chi connectivity index (χ0v) is 49.2. The quantitative estimate of drug-likeness (QED) is 0.102. The predicted molar refractivity (Wildman–Crippen MR) is 129 cm³/mol. The summed E-state index contributed by atoms with van der Waals surface area (Å²) in [6, 6.07) is 0. The van der Waals surface area contributed by atoms with E-state index >= 15 is 0 Å². The van der Waals surface area contributed by atoms with Crippen molar-refractivity contribution < 1.29 is 187 Å². The molecule has 57 heteroatoms. The summed E-state index contributed by atoms with van der Waals surface area (Å²) in [5.74, 6) is 0. The molecule has 0 heterocycles. The molecule has 0 rings (SSSR count). The summed E-state index contributed by atoms with van der Waals surface area (Å²) < 4.78 is 139. The fraction of sp³-hybridized carbons (Fsp3) is 0. The van der Waals surface area contributed by atoms with Crippen molar-refractivity contribution in [2.45, 2.75) is 0 Å². The van der Waals surface area contributed by atoms with Gasteiger partial charge in [0.15, 0.2) is 0 Å². The summed E-state index contributed by atoms with van der Waals surface area (Å²) in [5.41, 5.74) is 0. The zero-order chi connectivity index (χ0) is 43.7. The van der Waals surface area contributed by atoms with Crippen molar-refractivity contribution in [3.63, 3.8) is 0 Å². The summed E-state index contributed by atoms with van der Waals surface area (Å²) in [4.78, 5) is 195. The molecule has 320 valence electrons. The largest absolute Gasteiger partial charge is 4.00 e. The van der Waals surface area contributed by atoms with Crippen LogP contribution in [0.25, 0.3) is 0 Å². The van der Waals surface area contributed by atoms with Crippen molar-refractivity contribution in [2.75, 3.05) is 0 Å². The van der Waals surface area contributed by atoms with Gasteiger partial charge in [0.05, 0.1) is 62.6 Å². The molecule has 0 aliphatic heterocycles. The molecule has 0 aromatic heterocycles. The Balaban J connectivity index is -0.0000000748. The van der Waals surface area contributed by atoms with Crippen LogP contribution in [0.2, 0.25) is 0 Å². The average Bonchev–Trinajstić information content (AvgIpc) is 2.51. The Morgan fingerprint density at radius 3 is 0.263 bits per heavy atom. The topological polar surface area (TPSA) is 740 Å². The Morgan fingerprint density at radius 2 is 0.228 bits per heavy atom. The molecule has 57 heavy (non-hydrogen) atoms. The van der Waals surface area contributed by atoms with Gasteiger partial charge in [0.2, 0.25) is 0 Å². The van der Waals surface area contributed by atoms with Gasteiger partial charge in [-0.05, 0) is 0 Å². The van der Waals surface area contributed by atoms with Gasteiger partial charge in [0, 0.05) is 0 Å². The molecule has 0 aliphatic carbocycles. The average molecular weight is 1610 g/mol.